The molecule has 0 bridgehead atoms. The molecule has 12 heavy (non-hydrogen) atoms. The SMILES string of the molecule is C=CCOCC1CCOP(O)O1. The molecule has 0 aliphatic carbocycles. The average Bonchev–Trinajstić information content (AvgIpc) is 2.05. The maximum Gasteiger partial charge on any atom is 0.330 e. The Morgan fingerprint density at radius 1 is 1.75 bits per heavy atom. The molecule has 4 nitrogen and oxygen atoms in total. The fraction of sp³-hybridized carbons (Fsp3) is 0.714. The molecule has 2 unspecified atom stereocenters. The van der Waals surface area contributed by atoms with Crippen LogP contribution in [0.25, 0.3) is 0 Å². The van der Waals surface area contributed by atoms with Crippen LogP contribution in [0.4, 0.5) is 0 Å². The summed E-state index contributed by atoms with van der Waals surface area (Å²) in [4.78, 5) is 8.98. The van der Waals surface area contributed by atoms with Gasteiger partial charge in [-0.05, 0) is 0 Å². The molecule has 1 fully saturated rings. The minimum Gasteiger partial charge on any atom is -0.375 e. The molecule has 0 radical (unpaired) electrons. The standard InChI is InChI=1S/C7H13O4P/c1-2-4-9-6-7-3-5-10-12(8)11-7/h2,7-8H,1,3-6H2. The van der Waals surface area contributed by atoms with Gasteiger partial charge in [0.15, 0.2) is 0 Å². The van der Waals surface area contributed by atoms with Crippen molar-refractivity contribution in [1.29, 1.82) is 0 Å². The minimum atomic E-state index is -1.66. The first-order valence-corrected chi connectivity index (χ1v) is 4.93. The number of rotatable bonds is 4. The molecule has 0 spiro atoms. The molecule has 1 heterocycles. The van der Waals surface area contributed by atoms with Crippen molar-refractivity contribution in [3.63, 3.8) is 0 Å². The predicted octanol–water partition coefficient (Wildman–Crippen LogP) is 1.21. The Hall–Kier alpha value is 0.0100. The van der Waals surface area contributed by atoms with Gasteiger partial charge in [0.05, 0.1) is 25.9 Å². The first-order chi connectivity index (χ1) is 5.83. The van der Waals surface area contributed by atoms with Gasteiger partial charge >= 0.3 is 8.60 Å². The van der Waals surface area contributed by atoms with E-state index in [0.717, 1.165) is 6.42 Å². The van der Waals surface area contributed by atoms with Gasteiger partial charge in [0.1, 0.15) is 0 Å². The molecular weight excluding hydrogens is 179 g/mol. The first-order valence-electron chi connectivity index (χ1n) is 3.80. The quantitative estimate of drug-likeness (QED) is 0.413. The van der Waals surface area contributed by atoms with Crippen molar-refractivity contribution in [2.75, 3.05) is 19.8 Å². The van der Waals surface area contributed by atoms with Gasteiger partial charge in [0, 0.05) is 6.42 Å². The lowest BCUT2D eigenvalue weighted by Crippen LogP contribution is -2.23. The molecule has 0 aromatic rings. The van der Waals surface area contributed by atoms with Gasteiger partial charge in [-0.25, -0.2) is 0 Å². The molecule has 0 saturated carbocycles. The molecule has 0 aromatic heterocycles. The first kappa shape index (κ1) is 10.1. The Labute approximate surface area is 73.1 Å². The molecule has 5 heteroatoms. The fourth-order valence-electron chi connectivity index (χ4n) is 0.869. The van der Waals surface area contributed by atoms with Crippen LogP contribution in [0.5, 0.6) is 0 Å². The molecule has 1 saturated heterocycles. The highest BCUT2D eigenvalue weighted by Gasteiger charge is 2.22. The van der Waals surface area contributed by atoms with E-state index in [2.05, 4.69) is 6.58 Å². The molecule has 70 valence electrons. The second-order valence-corrected chi connectivity index (χ2v) is 3.36. The van der Waals surface area contributed by atoms with E-state index in [4.69, 9.17) is 18.7 Å². The molecule has 1 aliphatic heterocycles. The Kier molecular flexibility index (Phi) is 4.73. The summed E-state index contributed by atoms with van der Waals surface area (Å²) in [7, 11) is -1.66. The molecule has 0 amide bonds. The van der Waals surface area contributed by atoms with Crippen molar-refractivity contribution in [2.24, 2.45) is 0 Å². The Bertz CT molecular complexity index is 141. The summed E-state index contributed by atoms with van der Waals surface area (Å²) in [5, 5.41) is 0. The van der Waals surface area contributed by atoms with Gasteiger partial charge in [0.2, 0.25) is 0 Å². The van der Waals surface area contributed by atoms with E-state index in [9.17, 15) is 0 Å². The molecule has 1 rings (SSSR count). The lowest BCUT2D eigenvalue weighted by molar-refractivity contribution is 0.0148. The summed E-state index contributed by atoms with van der Waals surface area (Å²) in [6.45, 7) is 5.08. The van der Waals surface area contributed by atoms with Crippen molar-refractivity contribution < 1.29 is 18.7 Å². The van der Waals surface area contributed by atoms with Crippen molar-refractivity contribution in [3.8, 4) is 0 Å². The van der Waals surface area contributed by atoms with Crippen LogP contribution in [-0.2, 0) is 13.8 Å². The van der Waals surface area contributed by atoms with E-state index >= 15 is 0 Å². The van der Waals surface area contributed by atoms with Crippen molar-refractivity contribution in [2.45, 2.75) is 12.5 Å². The highest BCUT2D eigenvalue weighted by atomic mass is 31.2. The Balaban J connectivity index is 2.09. The zero-order valence-electron chi connectivity index (χ0n) is 6.81. The van der Waals surface area contributed by atoms with Crippen LogP contribution < -0.4 is 0 Å². The van der Waals surface area contributed by atoms with Crippen molar-refractivity contribution >= 4 is 8.60 Å². The van der Waals surface area contributed by atoms with Crippen LogP contribution in [0.15, 0.2) is 12.7 Å². The van der Waals surface area contributed by atoms with E-state index in [1.807, 2.05) is 0 Å². The summed E-state index contributed by atoms with van der Waals surface area (Å²) in [6.07, 6.45) is 2.42. The van der Waals surface area contributed by atoms with E-state index < -0.39 is 8.60 Å². The Morgan fingerprint density at radius 3 is 3.25 bits per heavy atom. The average molecular weight is 192 g/mol. The third kappa shape index (κ3) is 3.61. The normalized spacial score (nSPS) is 30.1. The summed E-state index contributed by atoms with van der Waals surface area (Å²) < 4.78 is 15.1. The number of hydrogen-bond donors (Lipinski definition) is 1. The topological polar surface area (TPSA) is 47.9 Å². The van der Waals surface area contributed by atoms with Crippen LogP contribution in [0.1, 0.15) is 6.42 Å². The van der Waals surface area contributed by atoms with Gasteiger partial charge in [-0.1, -0.05) is 6.08 Å². The second-order valence-electron chi connectivity index (χ2n) is 2.41. The highest BCUT2D eigenvalue weighted by molar-refractivity contribution is 7.40. The molecule has 1 N–H and O–H groups in total. The van der Waals surface area contributed by atoms with Gasteiger partial charge < -0.3 is 18.7 Å². The largest absolute Gasteiger partial charge is 0.375 e. The molecule has 0 aromatic carbocycles. The molecule has 2 atom stereocenters. The van der Waals surface area contributed by atoms with Gasteiger partial charge in [0.25, 0.3) is 0 Å². The summed E-state index contributed by atoms with van der Waals surface area (Å²) in [6, 6.07) is 0. The second kappa shape index (κ2) is 5.62. The van der Waals surface area contributed by atoms with E-state index in [1.54, 1.807) is 6.08 Å². The van der Waals surface area contributed by atoms with Crippen LogP contribution >= 0.6 is 8.60 Å². The third-order valence-corrected chi connectivity index (χ3v) is 2.30. The maximum absolute atomic E-state index is 8.98. The third-order valence-electron chi connectivity index (χ3n) is 1.42. The summed E-state index contributed by atoms with van der Waals surface area (Å²) in [5.74, 6) is 0. The summed E-state index contributed by atoms with van der Waals surface area (Å²) in [5.41, 5.74) is 0. The lowest BCUT2D eigenvalue weighted by Gasteiger charge is -2.24. The van der Waals surface area contributed by atoms with Crippen molar-refractivity contribution in [3.05, 3.63) is 12.7 Å². The number of hydrogen-bond acceptors (Lipinski definition) is 4. The molecule has 1 aliphatic rings. The summed E-state index contributed by atoms with van der Waals surface area (Å²) >= 11 is 0. The Morgan fingerprint density at radius 2 is 2.58 bits per heavy atom. The maximum atomic E-state index is 8.98. The minimum absolute atomic E-state index is 0.0326. The number of ether oxygens (including phenoxy) is 1. The zero-order chi connectivity index (χ0) is 8.81. The van der Waals surface area contributed by atoms with Crippen LogP contribution in [0.3, 0.4) is 0 Å². The predicted molar refractivity (Wildman–Crippen MR) is 45.6 cm³/mol. The van der Waals surface area contributed by atoms with Gasteiger partial charge in [-0.15, -0.1) is 6.58 Å². The van der Waals surface area contributed by atoms with Crippen LogP contribution in [0.2, 0.25) is 0 Å². The smallest absolute Gasteiger partial charge is 0.330 e. The fourth-order valence-corrected chi connectivity index (χ4v) is 1.61. The van der Waals surface area contributed by atoms with E-state index in [0.29, 0.717) is 19.8 Å². The van der Waals surface area contributed by atoms with E-state index in [1.165, 1.54) is 0 Å². The van der Waals surface area contributed by atoms with Crippen molar-refractivity contribution in [1.82, 2.24) is 0 Å². The van der Waals surface area contributed by atoms with Crippen LogP contribution in [0, 0.1) is 0 Å². The van der Waals surface area contributed by atoms with Crippen LogP contribution in [-0.4, -0.2) is 30.8 Å². The highest BCUT2D eigenvalue weighted by Crippen LogP contribution is 2.39. The van der Waals surface area contributed by atoms with Gasteiger partial charge in [-0.2, -0.15) is 0 Å². The lowest BCUT2D eigenvalue weighted by atomic mass is 10.3. The molecular formula is C7H13O4P. The zero-order valence-corrected chi connectivity index (χ0v) is 7.70. The van der Waals surface area contributed by atoms with E-state index in [-0.39, 0.29) is 6.10 Å². The van der Waals surface area contributed by atoms with Gasteiger partial charge in [-0.3, -0.25) is 0 Å². The monoisotopic (exact) mass is 192 g/mol.